The molecule has 0 saturated heterocycles. The van der Waals surface area contributed by atoms with E-state index in [2.05, 4.69) is 30.6 Å². The zero-order chi connectivity index (χ0) is 20.4. The maximum atomic E-state index is 12.1. The molecule has 0 amide bonds. The monoisotopic (exact) mass is 403 g/mol. The average Bonchev–Trinajstić information content (AvgIpc) is 3.09. The fourth-order valence-corrected chi connectivity index (χ4v) is 3.63. The van der Waals surface area contributed by atoms with Crippen LogP contribution in [-0.2, 0) is 10.8 Å². The molecule has 4 rings (SSSR count). The minimum Gasteiger partial charge on any atom is -0.353 e. The highest BCUT2D eigenvalue weighted by atomic mass is 32.2. The van der Waals surface area contributed by atoms with Crippen molar-refractivity contribution in [3.05, 3.63) is 60.0 Å². The lowest BCUT2D eigenvalue weighted by atomic mass is 10.2. The summed E-state index contributed by atoms with van der Waals surface area (Å²) in [4.78, 5) is 17.1. The van der Waals surface area contributed by atoms with Gasteiger partial charge in [0.15, 0.2) is 5.65 Å². The first-order valence-corrected chi connectivity index (χ1v) is 10.3. The molecule has 0 spiro atoms. The second-order valence-electron chi connectivity index (χ2n) is 6.30. The molecule has 4 aromatic rings. The van der Waals surface area contributed by atoms with Crippen molar-refractivity contribution in [1.29, 1.82) is 5.26 Å². The van der Waals surface area contributed by atoms with E-state index < -0.39 is 10.8 Å². The molecule has 29 heavy (non-hydrogen) atoms. The summed E-state index contributed by atoms with van der Waals surface area (Å²) in [6, 6.07) is 16.4. The number of fused-ring (bicyclic) bond motifs is 1. The molecular weight excluding hydrogens is 386 g/mol. The summed E-state index contributed by atoms with van der Waals surface area (Å²) in [5.74, 6) is 1.75. The van der Waals surface area contributed by atoms with Crippen molar-refractivity contribution in [3.63, 3.8) is 0 Å². The molecule has 3 heterocycles. The molecule has 0 aliphatic carbocycles. The zero-order valence-electron chi connectivity index (χ0n) is 15.7. The quantitative estimate of drug-likeness (QED) is 0.464. The lowest BCUT2D eigenvalue weighted by Gasteiger charge is -2.13. The highest BCUT2D eigenvalue weighted by molar-refractivity contribution is 7.84. The van der Waals surface area contributed by atoms with Crippen LogP contribution in [-0.4, -0.2) is 30.4 Å². The van der Waals surface area contributed by atoms with Crippen LogP contribution in [0.5, 0.6) is 0 Å². The van der Waals surface area contributed by atoms with Crippen molar-refractivity contribution in [3.8, 4) is 6.07 Å². The van der Waals surface area contributed by atoms with Crippen LogP contribution in [0.1, 0.15) is 11.5 Å². The third-order valence-corrected chi connectivity index (χ3v) is 5.14. The number of para-hydroxylation sites is 1. The summed E-state index contributed by atoms with van der Waals surface area (Å²) >= 11 is 0. The first kappa shape index (κ1) is 18.6. The third kappa shape index (κ3) is 3.93. The minimum absolute atomic E-state index is 0.310. The van der Waals surface area contributed by atoms with Crippen molar-refractivity contribution in [2.45, 2.75) is 11.8 Å². The van der Waals surface area contributed by atoms with Crippen LogP contribution in [0.2, 0.25) is 0 Å². The van der Waals surface area contributed by atoms with Crippen molar-refractivity contribution in [2.75, 3.05) is 16.9 Å². The number of hydrogen-bond acceptors (Lipinski definition) is 7. The van der Waals surface area contributed by atoms with E-state index in [1.807, 2.05) is 43.3 Å². The Labute approximate surface area is 169 Å². The van der Waals surface area contributed by atoms with Crippen LogP contribution in [0, 0.1) is 18.3 Å². The van der Waals surface area contributed by atoms with Gasteiger partial charge in [0.1, 0.15) is 34.7 Å². The van der Waals surface area contributed by atoms with E-state index in [0.717, 1.165) is 22.7 Å². The van der Waals surface area contributed by atoms with Crippen molar-refractivity contribution in [2.24, 2.45) is 0 Å². The number of imidazole rings is 1. The number of aryl methyl sites for hydroxylation is 1. The Kier molecular flexibility index (Phi) is 4.93. The highest BCUT2D eigenvalue weighted by Gasteiger charge is 2.13. The molecule has 8 nitrogen and oxygen atoms in total. The van der Waals surface area contributed by atoms with Crippen LogP contribution in [0.3, 0.4) is 0 Å². The molecule has 0 bridgehead atoms. The summed E-state index contributed by atoms with van der Waals surface area (Å²) in [5, 5.41) is 15.5. The SMILES string of the molecule is Cc1nc2nc(Nc3cccc(C#N)n3)cc(Nc3ccccc3S(C)=O)c2[nH]1. The third-order valence-electron chi connectivity index (χ3n) is 4.17. The molecular formula is C20H17N7OS. The molecule has 0 saturated carbocycles. The van der Waals surface area contributed by atoms with Crippen LogP contribution >= 0.6 is 0 Å². The zero-order valence-corrected chi connectivity index (χ0v) is 16.5. The van der Waals surface area contributed by atoms with Gasteiger partial charge in [0.05, 0.1) is 27.1 Å². The fourth-order valence-electron chi connectivity index (χ4n) is 2.93. The molecule has 0 aliphatic rings. The molecule has 0 fully saturated rings. The standard InChI is InChI=1S/C20H17N7OS/c1-12-22-19-15(25-14-7-3-4-8-16(14)29(2)28)10-18(27-20(19)23-12)26-17-9-5-6-13(11-21)24-17/h3-10H,1-2H3,(H3,22,23,24,25,26,27). The first-order chi connectivity index (χ1) is 14.0. The van der Waals surface area contributed by atoms with Crippen LogP contribution in [0.4, 0.5) is 23.0 Å². The Balaban J connectivity index is 1.77. The number of pyridine rings is 2. The number of aromatic nitrogens is 4. The lowest BCUT2D eigenvalue weighted by Crippen LogP contribution is -2.01. The predicted molar refractivity (Wildman–Crippen MR) is 113 cm³/mol. The molecule has 3 aromatic heterocycles. The summed E-state index contributed by atoms with van der Waals surface area (Å²) < 4.78 is 12.1. The summed E-state index contributed by atoms with van der Waals surface area (Å²) in [5.41, 5.74) is 3.05. The van der Waals surface area contributed by atoms with Gasteiger partial charge in [0.2, 0.25) is 0 Å². The first-order valence-electron chi connectivity index (χ1n) is 8.74. The van der Waals surface area contributed by atoms with Gasteiger partial charge in [-0.2, -0.15) is 5.26 Å². The maximum Gasteiger partial charge on any atom is 0.181 e. The fraction of sp³-hybridized carbons (Fsp3) is 0.100. The van der Waals surface area contributed by atoms with Crippen molar-refractivity contribution < 1.29 is 4.21 Å². The number of hydrogen-bond donors (Lipinski definition) is 3. The number of benzene rings is 1. The van der Waals surface area contributed by atoms with Crippen LogP contribution in [0.15, 0.2) is 53.4 Å². The summed E-state index contributed by atoms with van der Waals surface area (Å²) in [6.45, 7) is 1.85. The minimum atomic E-state index is -1.14. The number of rotatable bonds is 5. The van der Waals surface area contributed by atoms with E-state index in [0.29, 0.717) is 27.9 Å². The van der Waals surface area contributed by atoms with E-state index >= 15 is 0 Å². The lowest BCUT2D eigenvalue weighted by molar-refractivity contribution is 0.687. The molecule has 1 atom stereocenters. The number of H-pyrrole nitrogens is 1. The number of aromatic amines is 1. The van der Waals surface area contributed by atoms with Gasteiger partial charge in [-0.3, -0.25) is 4.21 Å². The van der Waals surface area contributed by atoms with Gasteiger partial charge in [-0.1, -0.05) is 18.2 Å². The van der Waals surface area contributed by atoms with Crippen LogP contribution < -0.4 is 10.6 Å². The maximum absolute atomic E-state index is 12.1. The summed E-state index contributed by atoms with van der Waals surface area (Å²) in [7, 11) is -1.14. The molecule has 1 unspecified atom stereocenters. The molecule has 0 aliphatic heterocycles. The topological polar surface area (TPSA) is 119 Å². The normalized spacial score (nSPS) is 11.8. The van der Waals surface area contributed by atoms with Gasteiger partial charge in [-0.05, 0) is 31.2 Å². The van der Waals surface area contributed by atoms with E-state index in [4.69, 9.17) is 5.26 Å². The van der Waals surface area contributed by atoms with Gasteiger partial charge < -0.3 is 15.6 Å². The molecule has 9 heteroatoms. The van der Waals surface area contributed by atoms with Crippen molar-refractivity contribution >= 4 is 45.0 Å². The Bertz CT molecular complexity index is 1280. The predicted octanol–water partition coefficient (Wildman–Crippen LogP) is 3.76. The largest absolute Gasteiger partial charge is 0.353 e. The van der Waals surface area contributed by atoms with E-state index in [-0.39, 0.29) is 0 Å². The average molecular weight is 403 g/mol. The number of nitriles is 1. The highest BCUT2D eigenvalue weighted by Crippen LogP contribution is 2.30. The number of anilines is 4. The van der Waals surface area contributed by atoms with Crippen LogP contribution in [0.25, 0.3) is 11.2 Å². The molecule has 1 aromatic carbocycles. The van der Waals surface area contributed by atoms with E-state index in [1.54, 1.807) is 24.5 Å². The van der Waals surface area contributed by atoms with Gasteiger partial charge in [-0.25, -0.2) is 15.0 Å². The molecule has 0 radical (unpaired) electrons. The second-order valence-corrected chi connectivity index (χ2v) is 7.64. The van der Waals surface area contributed by atoms with Gasteiger partial charge in [0, 0.05) is 12.3 Å². The van der Waals surface area contributed by atoms with Gasteiger partial charge in [0.25, 0.3) is 0 Å². The molecule has 3 N–H and O–H groups in total. The Hall–Kier alpha value is -3.77. The summed E-state index contributed by atoms with van der Waals surface area (Å²) in [6.07, 6.45) is 1.64. The Morgan fingerprint density at radius 1 is 1.00 bits per heavy atom. The van der Waals surface area contributed by atoms with E-state index in [9.17, 15) is 4.21 Å². The van der Waals surface area contributed by atoms with Gasteiger partial charge >= 0.3 is 0 Å². The van der Waals surface area contributed by atoms with Crippen molar-refractivity contribution in [1.82, 2.24) is 19.9 Å². The van der Waals surface area contributed by atoms with E-state index in [1.165, 1.54) is 0 Å². The Morgan fingerprint density at radius 3 is 2.62 bits per heavy atom. The Morgan fingerprint density at radius 2 is 1.83 bits per heavy atom. The smallest absolute Gasteiger partial charge is 0.181 e. The number of nitrogens with zero attached hydrogens (tertiary/aromatic N) is 4. The molecule has 144 valence electrons. The number of nitrogens with one attached hydrogen (secondary N) is 3. The second kappa shape index (κ2) is 7.69. The van der Waals surface area contributed by atoms with Gasteiger partial charge in [-0.15, -0.1) is 0 Å².